The average molecular weight is 345 g/mol. The predicted molar refractivity (Wildman–Crippen MR) is 92.0 cm³/mol. The molecule has 1 saturated carbocycles. The van der Waals surface area contributed by atoms with Gasteiger partial charge < -0.3 is 15.7 Å². The van der Waals surface area contributed by atoms with Crippen LogP contribution in [-0.4, -0.2) is 36.1 Å². The molecule has 2 atom stereocenters. The van der Waals surface area contributed by atoms with Crippen LogP contribution >= 0.6 is 0 Å². The van der Waals surface area contributed by atoms with Gasteiger partial charge in [-0.05, 0) is 30.0 Å². The predicted octanol–water partition coefficient (Wildman–Crippen LogP) is 1.58. The number of amides is 3. The fourth-order valence-corrected chi connectivity index (χ4v) is 3.55. The highest BCUT2D eigenvalue weighted by Crippen LogP contribution is 2.58. The lowest BCUT2D eigenvalue weighted by molar-refractivity contribution is -0.147. The number of urea groups is 1. The van der Waals surface area contributed by atoms with E-state index >= 15 is 0 Å². The number of hydrogen-bond acceptors (Lipinski definition) is 3. The smallest absolute Gasteiger partial charge is 0.321 e. The van der Waals surface area contributed by atoms with E-state index in [1.54, 1.807) is 4.90 Å². The summed E-state index contributed by atoms with van der Waals surface area (Å²) in [5.41, 5.74) is 0.802. The van der Waals surface area contributed by atoms with Crippen LogP contribution in [-0.2, 0) is 16.1 Å². The van der Waals surface area contributed by atoms with Crippen molar-refractivity contribution >= 4 is 23.6 Å². The molecule has 1 aromatic carbocycles. The van der Waals surface area contributed by atoms with Gasteiger partial charge in [0.15, 0.2) is 0 Å². The summed E-state index contributed by atoms with van der Waals surface area (Å²) in [6, 6.07) is 7.31. The molecule has 2 unspecified atom stereocenters. The summed E-state index contributed by atoms with van der Waals surface area (Å²) in [6.45, 7) is 5.31. The third-order valence-electron chi connectivity index (χ3n) is 5.32. The molecule has 0 radical (unpaired) electrons. The molecule has 1 aliphatic heterocycles. The van der Waals surface area contributed by atoms with E-state index in [0.717, 1.165) is 11.3 Å². The molecule has 0 bridgehead atoms. The van der Waals surface area contributed by atoms with Gasteiger partial charge in [0.25, 0.3) is 0 Å². The van der Waals surface area contributed by atoms with Gasteiger partial charge in [0.05, 0.1) is 11.3 Å². The Hall–Kier alpha value is -2.57. The van der Waals surface area contributed by atoms with E-state index in [4.69, 9.17) is 0 Å². The third-order valence-corrected chi connectivity index (χ3v) is 5.32. The molecule has 2 aliphatic rings. The first-order valence-electron chi connectivity index (χ1n) is 8.51. The van der Waals surface area contributed by atoms with E-state index in [1.165, 1.54) is 0 Å². The number of benzene rings is 1. The lowest BCUT2D eigenvalue weighted by Gasteiger charge is -2.16. The Morgan fingerprint density at radius 2 is 2.04 bits per heavy atom. The maximum Gasteiger partial charge on any atom is 0.321 e. The minimum atomic E-state index is -0.920. The zero-order valence-corrected chi connectivity index (χ0v) is 14.4. The maximum absolute atomic E-state index is 12.3. The van der Waals surface area contributed by atoms with Crippen molar-refractivity contribution < 1.29 is 19.5 Å². The zero-order valence-electron chi connectivity index (χ0n) is 14.4. The van der Waals surface area contributed by atoms with Crippen molar-refractivity contribution in [3.63, 3.8) is 0 Å². The molecule has 25 heavy (non-hydrogen) atoms. The van der Waals surface area contributed by atoms with E-state index < -0.39 is 17.3 Å². The Morgan fingerprint density at radius 3 is 2.52 bits per heavy atom. The van der Waals surface area contributed by atoms with Crippen LogP contribution in [0.25, 0.3) is 0 Å². The van der Waals surface area contributed by atoms with Crippen molar-refractivity contribution in [1.82, 2.24) is 10.6 Å². The highest BCUT2D eigenvalue weighted by Gasteiger charge is 2.65. The van der Waals surface area contributed by atoms with Crippen molar-refractivity contribution in [2.75, 3.05) is 18.0 Å². The second-order valence-corrected chi connectivity index (χ2v) is 7.02. The molecule has 0 aromatic heterocycles. The number of carboxylic acid groups (broad SMARTS) is 1. The molecule has 1 heterocycles. The van der Waals surface area contributed by atoms with Gasteiger partial charge in [-0.1, -0.05) is 26.0 Å². The number of nitrogens with zero attached hydrogens (tertiary/aromatic N) is 1. The van der Waals surface area contributed by atoms with Crippen molar-refractivity contribution in [3.8, 4) is 0 Å². The number of nitrogens with one attached hydrogen (secondary N) is 2. The molecule has 7 nitrogen and oxygen atoms in total. The lowest BCUT2D eigenvalue weighted by Crippen LogP contribution is -2.32. The van der Waals surface area contributed by atoms with Crippen LogP contribution in [0.2, 0.25) is 0 Å². The molecule has 1 aliphatic carbocycles. The number of anilines is 1. The molecule has 1 aromatic rings. The van der Waals surface area contributed by atoms with E-state index in [2.05, 4.69) is 10.6 Å². The summed E-state index contributed by atoms with van der Waals surface area (Å²) in [6.07, 6.45) is 0.398. The van der Waals surface area contributed by atoms with Gasteiger partial charge in [0.2, 0.25) is 5.91 Å². The Bertz CT molecular complexity index is 701. The van der Waals surface area contributed by atoms with Crippen LogP contribution in [0.3, 0.4) is 0 Å². The Balaban J connectivity index is 1.56. The molecular formula is C18H23N3O4. The molecule has 7 heteroatoms. The van der Waals surface area contributed by atoms with Crippen LogP contribution < -0.4 is 15.5 Å². The second kappa shape index (κ2) is 6.38. The first-order chi connectivity index (χ1) is 11.9. The molecule has 1 saturated heterocycles. The van der Waals surface area contributed by atoms with Crippen molar-refractivity contribution in [3.05, 3.63) is 29.8 Å². The minimum absolute atomic E-state index is 0.0772. The van der Waals surface area contributed by atoms with Crippen molar-refractivity contribution in [2.45, 2.75) is 26.8 Å². The van der Waals surface area contributed by atoms with E-state index in [0.29, 0.717) is 26.1 Å². The minimum Gasteiger partial charge on any atom is -0.481 e. The molecule has 134 valence electrons. The normalized spacial score (nSPS) is 25.0. The van der Waals surface area contributed by atoms with E-state index in [-0.39, 0.29) is 17.9 Å². The molecule has 3 rings (SSSR count). The average Bonchev–Trinajstić information content (AvgIpc) is 3.23. The third kappa shape index (κ3) is 3.06. The van der Waals surface area contributed by atoms with Gasteiger partial charge in [-0.3, -0.25) is 14.5 Å². The van der Waals surface area contributed by atoms with Gasteiger partial charge >= 0.3 is 12.0 Å². The fraction of sp³-hybridized carbons (Fsp3) is 0.500. The summed E-state index contributed by atoms with van der Waals surface area (Å²) in [4.78, 5) is 37.1. The van der Waals surface area contributed by atoms with Gasteiger partial charge in [0, 0.05) is 25.3 Å². The number of aliphatic carboxylic acids is 1. The highest BCUT2D eigenvalue weighted by atomic mass is 16.4. The van der Waals surface area contributed by atoms with Crippen LogP contribution in [0.4, 0.5) is 10.5 Å². The highest BCUT2D eigenvalue weighted by molar-refractivity contribution is 5.94. The monoisotopic (exact) mass is 345 g/mol. The molecule has 0 spiro atoms. The topological polar surface area (TPSA) is 98.7 Å². The van der Waals surface area contributed by atoms with Gasteiger partial charge in [0.1, 0.15) is 0 Å². The number of carbonyl (C=O) groups excluding carboxylic acids is 2. The summed E-state index contributed by atoms with van der Waals surface area (Å²) >= 11 is 0. The van der Waals surface area contributed by atoms with Crippen molar-refractivity contribution in [1.29, 1.82) is 0 Å². The SMILES string of the molecule is CC(C)C1(C(=O)O)CC1C(=O)NCc1ccc(N2CCNC2=O)cc1. The zero-order chi connectivity index (χ0) is 18.2. The summed E-state index contributed by atoms with van der Waals surface area (Å²) in [5, 5.41) is 15.0. The summed E-state index contributed by atoms with van der Waals surface area (Å²) in [7, 11) is 0. The Morgan fingerprint density at radius 1 is 1.36 bits per heavy atom. The first kappa shape index (κ1) is 17.3. The number of carboxylic acids is 1. The maximum atomic E-state index is 12.3. The largest absolute Gasteiger partial charge is 0.481 e. The standard InChI is InChI=1S/C18H23N3O4/c1-11(2)18(16(23)24)9-14(18)15(22)20-10-12-3-5-13(6-4-12)21-8-7-19-17(21)25/h3-6,11,14H,7-10H2,1-2H3,(H,19,25)(H,20,22)(H,23,24). The molecular weight excluding hydrogens is 322 g/mol. The summed E-state index contributed by atoms with van der Waals surface area (Å²) in [5.74, 6) is -1.64. The molecule has 3 N–H and O–H groups in total. The number of carbonyl (C=O) groups is 3. The van der Waals surface area contributed by atoms with Crippen LogP contribution in [0.15, 0.2) is 24.3 Å². The Kier molecular flexibility index (Phi) is 4.41. The first-order valence-corrected chi connectivity index (χ1v) is 8.51. The van der Waals surface area contributed by atoms with Crippen LogP contribution in [0, 0.1) is 17.3 Å². The van der Waals surface area contributed by atoms with Gasteiger partial charge in [-0.25, -0.2) is 4.79 Å². The van der Waals surface area contributed by atoms with Crippen LogP contribution in [0.1, 0.15) is 25.8 Å². The number of hydrogen-bond donors (Lipinski definition) is 3. The number of rotatable bonds is 6. The van der Waals surface area contributed by atoms with E-state index in [9.17, 15) is 19.5 Å². The fourth-order valence-electron chi connectivity index (χ4n) is 3.55. The Labute approximate surface area is 146 Å². The van der Waals surface area contributed by atoms with Crippen molar-refractivity contribution in [2.24, 2.45) is 17.3 Å². The lowest BCUT2D eigenvalue weighted by atomic mass is 9.89. The van der Waals surface area contributed by atoms with Crippen LogP contribution in [0.5, 0.6) is 0 Å². The quantitative estimate of drug-likeness (QED) is 0.729. The van der Waals surface area contributed by atoms with E-state index in [1.807, 2.05) is 38.1 Å². The molecule has 2 fully saturated rings. The second-order valence-electron chi connectivity index (χ2n) is 7.02. The van der Waals surface area contributed by atoms with Gasteiger partial charge in [-0.15, -0.1) is 0 Å². The summed E-state index contributed by atoms with van der Waals surface area (Å²) < 4.78 is 0. The molecule has 3 amide bonds. The van der Waals surface area contributed by atoms with Gasteiger partial charge in [-0.2, -0.15) is 0 Å².